The van der Waals surface area contributed by atoms with Crippen LogP contribution in [-0.4, -0.2) is 16.1 Å². The number of aromatic amines is 1. The quantitative estimate of drug-likeness (QED) is 0.819. The first-order chi connectivity index (χ1) is 8.13. The molecule has 2 N–H and O–H groups in total. The van der Waals surface area contributed by atoms with E-state index in [-0.39, 0.29) is 0 Å². The van der Waals surface area contributed by atoms with Crippen LogP contribution in [0.4, 0.5) is 0 Å². The minimum atomic E-state index is -0.984. The summed E-state index contributed by atoms with van der Waals surface area (Å²) in [7, 11) is 0. The maximum atomic E-state index is 10.5. The van der Waals surface area contributed by atoms with Crippen LogP contribution in [0.25, 0.3) is 17.0 Å². The summed E-state index contributed by atoms with van der Waals surface area (Å²) < 4.78 is 0. The first-order valence-electron chi connectivity index (χ1n) is 5.33. The van der Waals surface area contributed by atoms with Crippen molar-refractivity contribution < 1.29 is 9.90 Å². The molecule has 17 heavy (non-hydrogen) atoms. The van der Waals surface area contributed by atoms with Crippen LogP contribution in [0, 0.1) is 0 Å². The minimum Gasteiger partial charge on any atom is -0.478 e. The average Bonchev–Trinajstić information content (AvgIpc) is 2.62. The van der Waals surface area contributed by atoms with Crippen molar-refractivity contribution in [1.29, 1.82) is 0 Å². The molecule has 88 valence electrons. The molecule has 2 aromatic rings. The lowest BCUT2D eigenvalue weighted by atomic mass is 10.1. The molecule has 0 bridgehead atoms. The molecule has 1 aromatic carbocycles. The molecule has 0 saturated carbocycles. The number of halogens is 1. The number of carboxylic acid groups (broad SMARTS) is 1. The van der Waals surface area contributed by atoms with E-state index in [4.69, 9.17) is 16.7 Å². The highest BCUT2D eigenvalue weighted by Gasteiger charge is 2.09. The zero-order chi connectivity index (χ0) is 12.4. The number of H-pyrrole nitrogens is 1. The fourth-order valence-corrected chi connectivity index (χ4v) is 2.14. The van der Waals surface area contributed by atoms with Crippen molar-refractivity contribution in [2.75, 3.05) is 0 Å². The molecule has 0 aliphatic heterocycles. The molecule has 2 rings (SSSR count). The summed E-state index contributed by atoms with van der Waals surface area (Å²) >= 11 is 6.08. The van der Waals surface area contributed by atoms with E-state index >= 15 is 0 Å². The van der Waals surface area contributed by atoms with Gasteiger partial charge in [0.25, 0.3) is 0 Å². The standard InChI is InChI=1S/C13H12ClNO2/c1-2-8-4-3-5-9-10(6-7-11(16)17)13(14)15-12(8)9/h3-7,15H,2H2,1H3,(H,16,17)/b7-6+. The number of rotatable bonds is 3. The van der Waals surface area contributed by atoms with Crippen molar-refractivity contribution in [2.24, 2.45) is 0 Å². The fourth-order valence-electron chi connectivity index (χ4n) is 1.88. The van der Waals surface area contributed by atoms with Gasteiger partial charge < -0.3 is 10.1 Å². The fraction of sp³-hybridized carbons (Fsp3) is 0.154. The summed E-state index contributed by atoms with van der Waals surface area (Å²) in [4.78, 5) is 13.6. The first-order valence-corrected chi connectivity index (χ1v) is 5.71. The Morgan fingerprint density at radius 2 is 2.29 bits per heavy atom. The Morgan fingerprint density at radius 1 is 1.53 bits per heavy atom. The molecule has 0 unspecified atom stereocenters. The van der Waals surface area contributed by atoms with E-state index in [0.29, 0.717) is 5.15 Å². The summed E-state index contributed by atoms with van der Waals surface area (Å²) in [6, 6.07) is 5.90. The van der Waals surface area contributed by atoms with Gasteiger partial charge in [0.1, 0.15) is 5.15 Å². The second-order valence-corrected chi connectivity index (χ2v) is 4.10. The Morgan fingerprint density at radius 3 is 2.94 bits per heavy atom. The summed E-state index contributed by atoms with van der Waals surface area (Å²) in [5.74, 6) is -0.984. The highest BCUT2D eigenvalue weighted by molar-refractivity contribution is 6.32. The lowest BCUT2D eigenvalue weighted by Crippen LogP contribution is -1.85. The van der Waals surface area contributed by atoms with Crippen LogP contribution in [0.15, 0.2) is 24.3 Å². The molecule has 0 fully saturated rings. The predicted octanol–water partition coefficient (Wildman–Crippen LogP) is 3.48. The van der Waals surface area contributed by atoms with E-state index < -0.39 is 5.97 Å². The van der Waals surface area contributed by atoms with Crippen LogP contribution >= 0.6 is 11.6 Å². The van der Waals surface area contributed by atoms with Crippen molar-refractivity contribution >= 4 is 34.5 Å². The smallest absolute Gasteiger partial charge is 0.328 e. The molecule has 0 amide bonds. The van der Waals surface area contributed by atoms with Crippen LogP contribution < -0.4 is 0 Å². The van der Waals surface area contributed by atoms with E-state index in [2.05, 4.69) is 11.9 Å². The van der Waals surface area contributed by atoms with Crippen molar-refractivity contribution in [2.45, 2.75) is 13.3 Å². The molecule has 4 heteroatoms. The third-order valence-electron chi connectivity index (χ3n) is 2.69. The summed E-state index contributed by atoms with van der Waals surface area (Å²) in [5, 5.41) is 10.1. The van der Waals surface area contributed by atoms with Gasteiger partial charge in [-0.3, -0.25) is 0 Å². The highest BCUT2D eigenvalue weighted by Crippen LogP contribution is 2.29. The number of carbonyl (C=O) groups is 1. The van der Waals surface area contributed by atoms with E-state index in [1.165, 1.54) is 11.6 Å². The van der Waals surface area contributed by atoms with Crippen LogP contribution in [0.3, 0.4) is 0 Å². The molecule has 0 aliphatic carbocycles. The van der Waals surface area contributed by atoms with Crippen LogP contribution in [0.1, 0.15) is 18.1 Å². The second-order valence-electron chi connectivity index (χ2n) is 3.72. The molecular formula is C13H12ClNO2. The summed E-state index contributed by atoms with van der Waals surface area (Å²) in [6.45, 7) is 2.07. The van der Waals surface area contributed by atoms with Gasteiger partial charge in [0, 0.05) is 17.0 Å². The lowest BCUT2D eigenvalue weighted by Gasteiger charge is -1.98. The molecular weight excluding hydrogens is 238 g/mol. The number of aryl methyl sites for hydroxylation is 1. The number of para-hydroxylation sites is 1. The summed E-state index contributed by atoms with van der Waals surface area (Å²) in [6.07, 6.45) is 3.51. The third-order valence-corrected chi connectivity index (χ3v) is 2.98. The molecule has 0 atom stereocenters. The number of aromatic nitrogens is 1. The first kappa shape index (κ1) is 11.7. The average molecular weight is 250 g/mol. The SMILES string of the molecule is CCc1cccc2c(/C=C/C(=O)O)c(Cl)[nH]c12. The Balaban J connectivity index is 2.64. The van der Waals surface area contributed by atoms with Gasteiger partial charge in [-0.15, -0.1) is 0 Å². The maximum Gasteiger partial charge on any atom is 0.328 e. The van der Waals surface area contributed by atoms with E-state index in [0.717, 1.165) is 29.0 Å². The Kier molecular flexibility index (Phi) is 3.20. The Hall–Kier alpha value is -1.74. The highest BCUT2D eigenvalue weighted by atomic mass is 35.5. The number of hydrogen-bond donors (Lipinski definition) is 2. The molecule has 0 radical (unpaired) electrons. The van der Waals surface area contributed by atoms with Crippen molar-refractivity contribution in [3.63, 3.8) is 0 Å². The van der Waals surface area contributed by atoms with Gasteiger partial charge in [-0.25, -0.2) is 4.79 Å². The molecule has 1 heterocycles. The van der Waals surface area contributed by atoms with Gasteiger partial charge in [0.05, 0.1) is 5.52 Å². The largest absolute Gasteiger partial charge is 0.478 e. The predicted molar refractivity (Wildman–Crippen MR) is 69.4 cm³/mol. The molecule has 0 spiro atoms. The number of carboxylic acids is 1. The Bertz CT molecular complexity index is 599. The van der Waals surface area contributed by atoms with Gasteiger partial charge >= 0.3 is 5.97 Å². The molecule has 0 aliphatic rings. The number of benzene rings is 1. The van der Waals surface area contributed by atoms with Gasteiger partial charge in [0.2, 0.25) is 0 Å². The van der Waals surface area contributed by atoms with Gasteiger partial charge in [-0.1, -0.05) is 36.7 Å². The number of aliphatic carboxylic acids is 1. The van der Waals surface area contributed by atoms with E-state index in [9.17, 15) is 4.79 Å². The van der Waals surface area contributed by atoms with Crippen LogP contribution in [0.5, 0.6) is 0 Å². The molecule has 3 nitrogen and oxygen atoms in total. The third kappa shape index (κ3) is 2.19. The van der Waals surface area contributed by atoms with Gasteiger partial charge in [0.15, 0.2) is 0 Å². The topological polar surface area (TPSA) is 53.1 Å². The minimum absolute atomic E-state index is 0.471. The van der Waals surface area contributed by atoms with E-state index in [1.807, 2.05) is 18.2 Å². The molecule has 0 saturated heterocycles. The zero-order valence-corrected chi connectivity index (χ0v) is 10.1. The van der Waals surface area contributed by atoms with Gasteiger partial charge in [-0.2, -0.15) is 0 Å². The Labute approximate surface area is 104 Å². The van der Waals surface area contributed by atoms with Gasteiger partial charge in [-0.05, 0) is 18.1 Å². The second kappa shape index (κ2) is 4.63. The van der Waals surface area contributed by atoms with Crippen LogP contribution in [-0.2, 0) is 11.2 Å². The number of hydrogen-bond acceptors (Lipinski definition) is 1. The van der Waals surface area contributed by atoms with Crippen molar-refractivity contribution in [3.8, 4) is 0 Å². The monoisotopic (exact) mass is 249 g/mol. The molecule has 1 aromatic heterocycles. The number of nitrogens with one attached hydrogen (secondary N) is 1. The normalized spacial score (nSPS) is 11.4. The van der Waals surface area contributed by atoms with Crippen molar-refractivity contribution in [1.82, 2.24) is 4.98 Å². The van der Waals surface area contributed by atoms with E-state index in [1.54, 1.807) is 0 Å². The lowest BCUT2D eigenvalue weighted by molar-refractivity contribution is -0.131. The number of fused-ring (bicyclic) bond motifs is 1. The van der Waals surface area contributed by atoms with Crippen molar-refractivity contribution in [3.05, 3.63) is 40.6 Å². The zero-order valence-electron chi connectivity index (χ0n) is 9.33. The maximum absolute atomic E-state index is 10.5. The van der Waals surface area contributed by atoms with Crippen LogP contribution in [0.2, 0.25) is 5.15 Å². The summed E-state index contributed by atoms with van der Waals surface area (Å²) in [5.41, 5.74) is 2.86.